The van der Waals surface area contributed by atoms with E-state index in [9.17, 15) is 24.0 Å². The average Bonchev–Trinajstić information content (AvgIpc) is 3.19. The molecule has 294 valence electrons. The minimum Gasteiger partial charge on any atom is -0.496 e. The van der Waals surface area contributed by atoms with Gasteiger partial charge in [0.25, 0.3) is 5.91 Å². The second-order valence-electron chi connectivity index (χ2n) is 14.7. The fourth-order valence-electron chi connectivity index (χ4n) is 8.05. The lowest BCUT2D eigenvalue weighted by molar-refractivity contribution is -0.154. The quantitative estimate of drug-likeness (QED) is 0.121. The molecular weight excluding hydrogens is 698 g/mol. The summed E-state index contributed by atoms with van der Waals surface area (Å²) in [7, 11) is 1.54. The molecule has 1 fully saturated rings. The number of para-hydroxylation sites is 1. The summed E-state index contributed by atoms with van der Waals surface area (Å²) in [6, 6.07) is 24.5. The van der Waals surface area contributed by atoms with E-state index in [1.165, 1.54) is 0 Å². The standard InChI is InChI=1S/C44H55N3O8/c1-5-54-43(52)45-26-14-13-15-31(42(51)55-30(2)3)29-39(48)44(32-16-7-6-8-17-32)25-22-35(34-18-9-11-20-37(34)44)41(50)47-27-23-33(24-28-47)46-40(49)36-19-10-12-21-38(36)53-4/h6-12,16-21,30-31,33,35H,5,13-15,22-29H2,1-4H3,(H,45,52)(H,46,49)/t31-,35-,44+/m0/s1. The van der Waals surface area contributed by atoms with Crippen molar-refractivity contribution >= 4 is 29.7 Å². The van der Waals surface area contributed by atoms with Gasteiger partial charge < -0.3 is 29.7 Å². The average molecular weight is 754 g/mol. The van der Waals surface area contributed by atoms with Crippen LogP contribution in [-0.2, 0) is 29.3 Å². The lowest BCUT2D eigenvalue weighted by atomic mass is 9.60. The van der Waals surface area contributed by atoms with Gasteiger partial charge in [-0.1, -0.05) is 73.2 Å². The third kappa shape index (κ3) is 9.92. The molecule has 5 rings (SSSR count). The van der Waals surface area contributed by atoms with E-state index in [-0.39, 0.29) is 42.8 Å². The largest absolute Gasteiger partial charge is 0.496 e. The molecule has 1 aliphatic heterocycles. The van der Waals surface area contributed by atoms with Gasteiger partial charge in [-0.15, -0.1) is 0 Å². The first-order valence-electron chi connectivity index (χ1n) is 19.6. The van der Waals surface area contributed by atoms with Crippen LogP contribution < -0.4 is 15.4 Å². The Morgan fingerprint density at radius 1 is 0.873 bits per heavy atom. The van der Waals surface area contributed by atoms with Crippen molar-refractivity contribution in [2.24, 2.45) is 5.92 Å². The third-order valence-corrected chi connectivity index (χ3v) is 10.8. The van der Waals surface area contributed by atoms with Gasteiger partial charge in [0, 0.05) is 32.1 Å². The van der Waals surface area contributed by atoms with Crippen molar-refractivity contribution < 1.29 is 38.2 Å². The second kappa shape index (κ2) is 19.4. The van der Waals surface area contributed by atoms with E-state index < -0.39 is 29.3 Å². The molecule has 11 nitrogen and oxygen atoms in total. The van der Waals surface area contributed by atoms with E-state index in [0.29, 0.717) is 75.9 Å². The Balaban J connectivity index is 1.33. The number of piperidine rings is 1. The summed E-state index contributed by atoms with van der Waals surface area (Å²) in [5.41, 5.74) is 1.87. The van der Waals surface area contributed by atoms with Gasteiger partial charge in [0.2, 0.25) is 5.91 Å². The summed E-state index contributed by atoms with van der Waals surface area (Å²) in [6.45, 7) is 7.01. The molecule has 0 unspecified atom stereocenters. The number of fused-ring (bicyclic) bond motifs is 1. The molecule has 2 N–H and O–H groups in total. The summed E-state index contributed by atoms with van der Waals surface area (Å²) in [6.07, 6.45) is 2.91. The Bertz CT molecular complexity index is 1790. The van der Waals surface area contributed by atoms with Crippen molar-refractivity contribution in [3.8, 4) is 5.75 Å². The number of esters is 1. The first-order valence-corrected chi connectivity index (χ1v) is 19.6. The molecule has 0 saturated carbocycles. The maximum Gasteiger partial charge on any atom is 0.407 e. The SMILES string of the molecule is CCOC(=O)NCCCC[C@@H](CC(=O)[C@@]1(c2ccccc2)CC[C@H](C(=O)N2CCC(NC(=O)c3ccccc3OC)CC2)c2ccccc21)C(=O)OC(C)C. The number of methoxy groups -OCH3 is 1. The minimum atomic E-state index is -1.06. The number of carbonyl (C=O) groups excluding carboxylic acids is 5. The molecule has 55 heavy (non-hydrogen) atoms. The summed E-state index contributed by atoms with van der Waals surface area (Å²) in [4.78, 5) is 69.4. The molecule has 3 aromatic rings. The highest BCUT2D eigenvalue weighted by atomic mass is 16.5. The zero-order chi connectivity index (χ0) is 39.4. The van der Waals surface area contributed by atoms with Crippen LogP contribution in [0.2, 0.25) is 0 Å². The van der Waals surface area contributed by atoms with Crippen LogP contribution in [0.3, 0.4) is 0 Å². The van der Waals surface area contributed by atoms with Crippen LogP contribution in [0.4, 0.5) is 4.79 Å². The monoisotopic (exact) mass is 753 g/mol. The van der Waals surface area contributed by atoms with Gasteiger partial charge in [-0.3, -0.25) is 19.2 Å². The Labute approximate surface area is 324 Å². The van der Waals surface area contributed by atoms with Crippen LogP contribution in [0, 0.1) is 5.92 Å². The maximum absolute atomic E-state index is 15.0. The number of Topliss-reactive ketones (excluding diaryl/α,β-unsaturated/α-hetero) is 1. The number of hydrogen-bond acceptors (Lipinski definition) is 8. The van der Waals surface area contributed by atoms with Crippen LogP contribution in [0.1, 0.15) is 105 Å². The molecule has 0 bridgehead atoms. The number of carbonyl (C=O) groups is 5. The van der Waals surface area contributed by atoms with E-state index in [1.807, 2.05) is 65.6 Å². The Kier molecular flexibility index (Phi) is 14.5. The number of nitrogens with one attached hydrogen (secondary N) is 2. The summed E-state index contributed by atoms with van der Waals surface area (Å²) in [5, 5.41) is 5.83. The Morgan fingerprint density at radius 3 is 2.27 bits per heavy atom. The topological polar surface area (TPSA) is 140 Å². The predicted octanol–water partition coefficient (Wildman–Crippen LogP) is 6.72. The van der Waals surface area contributed by atoms with E-state index >= 15 is 0 Å². The van der Waals surface area contributed by atoms with Crippen molar-refractivity contribution in [3.05, 3.63) is 101 Å². The van der Waals surface area contributed by atoms with Gasteiger partial charge in [0.05, 0.1) is 42.6 Å². The van der Waals surface area contributed by atoms with Crippen LogP contribution in [-0.4, -0.2) is 80.1 Å². The number of rotatable bonds is 16. The predicted molar refractivity (Wildman–Crippen MR) is 209 cm³/mol. The van der Waals surface area contributed by atoms with Crippen molar-refractivity contribution in [3.63, 3.8) is 0 Å². The number of alkyl carbamates (subject to hydrolysis) is 1. The van der Waals surface area contributed by atoms with Gasteiger partial charge in [-0.05, 0) is 88.1 Å². The summed E-state index contributed by atoms with van der Waals surface area (Å²) < 4.78 is 16.0. The van der Waals surface area contributed by atoms with Gasteiger partial charge >= 0.3 is 12.1 Å². The molecule has 0 aromatic heterocycles. The maximum atomic E-state index is 15.0. The Morgan fingerprint density at radius 2 is 1.56 bits per heavy atom. The number of likely N-dealkylation sites (tertiary alicyclic amines) is 1. The van der Waals surface area contributed by atoms with E-state index in [0.717, 1.165) is 16.7 Å². The second-order valence-corrected chi connectivity index (χ2v) is 14.7. The number of nitrogens with zero attached hydrogens (tertiary/aromatic N) is 1. The minimum absolute atomic E-state index is 0.0193. The first kappa shape index (κ1) is 41.0. The molecule has 2 aliphatic rings. The highest BCUT2D eigenvalue weighted by Crippen LogP contribution is 2.49. The van der Waals surface area contributed by atoms with E-state index in [2.05, 4.69) is 10.6 Å². The molecule has 3 atom stereocenters. The van der Waals surface area contributed by atoms with Crippen molar-refractivity contribution in [2.75, 3.05) is 33.4 Å². The van der Waals surface area contributed by atoms with Crippen LogP contribution in [0.25, 0.3) is 0 Å². The van der Waals surface area contributed by atoms with Gasteiger partial charge in [-0.25, -0.2) is 4.79 Å². The van der Waals surface area contributed by atoms with E-state index in [4.69, 9.17) is 14.2 Å². The van der Waals surface area contributed by atoms with Gasteiger partial charge in [0.15, 0.2) is 0 Å². The fourth-order valence-corrected chi connectivity index (χ4v) is 8.05. The van der Waals surface area contributed by atoms with Crippen molar-refractivity contribution in [1.29, 1.82) is 0 Å². The molecule has 1 saturated heterocycles. The smallest absolute Gasteiger partial charge is 0.407 e. The lowest BCUT2D eigenvalue weighted by Gasteiger charge is -2.43. The van der Waals surface area contributed by atoms with Crippen molar-refractivity contribution in [1.82, 2.24) is 15.5 Å². The molecule has 1 heterocycles. The molecule has 11 heteroatoms. The number of amides is 3. The summed E-state index contributed by atoms with van der Waals surface area (Å²) >= 11 is 0. The lowest BCUT2D eigenvalue weighted by Crippen LogP contribution is -2.49. The van der Waals surface area contributed by atoms with Gasteiger partial charge in [0.1, 0.15) is 11.5 Å². The molecule has 1 aliphatic carbocycles. The first-order chi connectivity index (χ1) is 26.6. The number of ketones is 1. The molecule has 3 amide bonds. The van der Waals surface area contributed by atoms with Crippen LogP contribution in [0.15, 0.2) is 78.9 Å². The summed E-state index contributed by atoms with van der Waals surface area (Å²) in [5.74, 6) is -1.27. The normalized spacial score (nSPS) is 18.8. The highest BCUT2D eigenvalue weighted by Gasteiger charge is 2.49. The zero-order valence-corrected chi connectivity index (χ0v) is 32.5. The van der Waals surface area contributed by atoms with Crippen LogP contribution in [0.5, 0.6) is 5.75 Å². The molecule has 3 aromatic carbocycles. The third-order valence-electron chi connectivity index (χ3n) is 10.8. The molecular formula is C44H55N3O8. The highest BCUT2D eigenvalue weighted by molar-refractivity contribution is 5.98. The van der Waals surface area contributed by atoms with Crippen molar-refractivity contribution in [2.45, 2.75) is 95.6 Å². The zero-order valence-electron chi connectivity index (χ0n) is 32.5. The molecule has 0 spiro atoms. The molecule has 0 radical (unpaired) electrons. The van der Waals surface area contributed by atoms with Gasteiger partial charge in [-0.2, -0.15) is 0 Å². The van der Waals surface area contributed by atoms with E-state index in [1.54, 1.807) is 46.1 Å². The number of hydrogen-bond donors (Lipinski definition) is 2. The van der Waals surface area contributed by atoms with Crippen LogP contribution >= 0.6 is 0 Å². The number of ether oxygens (including phenoxy) is 3. The number of unbranched alkanes of at least 4 members (excludes halogenated alkanes) is 1. The number of benzene rings is 3. The Hall–Kier alpha value is -5.19. The fraction of sp³-hybridized carbons (Fsp3) is 0.477.